The molecule has 211 valence electrons. The van der Waals surface area contributed by atoms with Crippen molar-refractivity contribution >= 4 is 23.8 Å². The molecule has 0 saturated carbocycles. The third-order valence-electron chi connectivity index (χ3n) is 5.37. The van der Waals surface area contributed by atoms with Crippen LogP contribution in [-0.2, 0) is 23.9 Å². The van der Waals surface area contributed by atoms with Crippen LogP contribution in [0.25, 0.3) is 0 Å². The minimum atomic E-state index is -1.000. The number of carboxylic acid groups (broad SMARTS) is 3. The van der Waals surface area contributed by atoms with Crippen LogP contribution in [0.4, 0.5) is 0 Å². The molecule has 0 spiro atoms. The molecule has 0 aromatic rings. The molecule has 1 aliphatic heterocycles. The maximum Gasteiger partial charge on any atom is 0.317 e. The maximum absolute atomic E-state index is 12.4. The average Bonchev–Trinajstić information content (AvgIpc) is 2.74. The molecule has 1 saturated heterocycles. The fourth-order valence-electron chi connectivity index (χ4n) is 3.59. The van der Waals surface area contributed by atoms with Crippen LogP contribution in [0.1, 0.15) is 13.3 Å². The average molecular weight is 665 g/mol. The van der Waals surface area contributed by atoms with Crippen molar-refractivity contribution < 1.29 is 76.1 Å². The number of ether oxygens (including phenoxy) is 1. The van der Waals surface area contributed by atoms with Crippen molar-refractivity contribution in [3.8, 4) is 0 Å². The first-order chi connectivity index (χ1) is 16.2. The van der Waals surface area contributed by atoms with E-state index in [4.69, 9.17) is 4.74 Å². The summed E-state index contributed by atoms with van der Waals surface area (Å²) in [6.45, 7) is 6.04. The Morgan fingerprint density at radius 2 is 1.03 bits per heavy atom. The van der Waals surface area contributed by atoms with Crippen molar-refractivity contribution in [2.45, 2.75) is 13.3 Å². The number of carbonyl (C=O) groups excluding carboxylic acids is 1. The SMILES string of the molecule is CCOCCCNC(=O)CN1CCN(CC(=O)O)CCN(CC(=O)O)CCN(CC(=O)O)CC1.[Lu]. The number of aliphatic carboxylic acids is 3. The van der Waals surface area contributed by atoms with Gasteiger partial charge in [0.25, 0.3) is 0 Å². The Morgan fingerprint density at radius 1 is 0.686 bits per heavy atom. The molecule has 1 rings (SSSR count). The molecule has 0 bridgehead atoms. The number of nitrogens with one attached hydrogen (secondary N) is 1. The number of rotatable bonds is 13. The van der Waals surface area contributed by atoms with E-state index in [1.54, 1.807) is 14.7 Å². The van der Waals surface area contributed by atoms with Crippen molar-refractivity contribution in [3.05, 3.63) is 0 Å². The molecule has 4 N–H and O–H groups in total. The van der Waals surface area contributed by atoms with E-state index in [0.29, 0.717) is 78.5 Å². The molecule has 0 aliphatic carbocycles. The van der Waals surface area contributed by atoms with Gasteiger partial charge in [0.15, 0.2) is 0 Å². The van der Waals surface area contributed by atoms with E-state index in [2.05, 4.69) is 5.32 Å². The third-order valence-corrected chi connectivity index (χ3v) is 5.37. The smallest absolute Gasteiger partial charge is 0.317 e. The Morgan fingerprint density at radius 3 is 1.34 bits per heavy atom. The zero-order chi connectivity index (χ0) is 25.3. The second-order valence-electron chi connectivity index (χ2n) is 8.19. The molecule has 14 heteroatoms. The van der Waals surface area contributed by atoms with Gasteiger partial charge in [-0.2, -0.15) is 0 Å². The molecule has 1 radical (unpaired) electrons. The summed E-state index contributed by atoms with van der Waals surface area (Å²) >= 11 is 0. The Bertz CT molecular complexity index is 625. The van der Waals surface area contributed by atoms with Crippen LogP contribution in [0.3, 0.4) is 0 Å². The number of nitrogens with zero attached hydrogens (tertiary/aromatic N) is 4. The molecule has 35 heavy (non-hydrogen) atoms. The largest absolute Gasteiger partial charge is 0.480 e. The van der Waals surface area contributed by atoms with Gasteiger partial charge in [0, 0.05) is 109 Å². The van der Waals surface area contributed by atoms with E-state index in [1.165, 1.54) is 0 Å². The fourth-order valence-corrected chi connectivity index (χ4v) is 3.59. The minimum Gasteiger partial charge on any atom is -0.480 e. The third kappa shape index (κ3) is 17.9. The molecule has 0 atom stereocenters. The van der Waals surface area contributed by atoms with E-state index >= 15 is 0 Å². The quantitative estimate of drug-likeness (QED) is 0.161. The second-order valence-corrected chi connectivity index (χ2v) is 8.19. The standard InChI is InChI=1S/C21H39N5O8.Lu/c1-2-34-13-3-4-22-18(27)14-23-5-7-24(15-19(28)29)9-11-26(17-21(32)33)12-10-25(8-6-23)16-20(30)31;/h2-17H2,1H3,(H,22,27)(H,28,29)(H,30,31)(H,32,33);. The normalized spacial score (nSPS) is 17.5. The molecule has 0 aromatic heterocycles. The van der Waals surface area contributed by atoms with Gasteiger partial charge in [-0.25, -0.2) is 0 Å². The molecule has 0 unspecified atom stereocenters. The van der Waals surface area contributed by atoms with Crippen molar-refractivity contribution in [2.24, 2.45) is 0 Å². The molecule has 1 fully saturated rings. The van der Waals surface area contributed by atoms with Gasteiger partial charge in [0.05, 0.1) is 26.2 Å². The Kier molecular flexibility index (Phi) is 19.4. The first-order valence-electron chi connectivity index (χ1n) is 11.6. The topological polar surface area (TPSA) is 163 Å². The van der Waals surface area contributed by atoms with Gasteiger partial charge in [-0.3, -0.25) is 38.8 Å². The number of amides is 1. The van der Waals surface area contributed by atoms with Crippen LogP contribution in [0.2, 0.25) is 0 Å². The predicted molar refractivity (Wildman–Crippen MR) is 123 cm³/mol. The molecule has 0 aromatic carbocycles. The molecule has 1 aliphatic rings. The van der Waals surface area contributed by atoms with Crippen LogP contribution >= 0.6 is 0 Å². The van der Waals surface area contributed by atoms with E-state index in [1.807, 2.05) is 11.8 Å². The monoisotopic (exact) mass is 664 g/mol. The van der Waals surface area contributed by atoms with Gasteiger partial charge < -0.3 is 25.4 Å². The maximum atomic E-state index is 12.4. The number of hydrogen-bond donors (Lipinski definition) is 4. The molecule has 13 nitrogen and oxygen atoms in total. The predicted octanol–water partition coefficient (Wildman–Crippen LogP) is -2.00. The van der Waals surface area contributed by atoms with Gasteiger partial charge in [-0.05, 0) is 13.3 Å². The van der Waals surface area contributed by atoms with E-state index in [0.717, 1.165) is 0 Å². The first kappa shape index (κ1) is 33.9. The van der Waals surface area contributed by atoms with Crippen molar-refractivity contribution in [1.82, 2.24) is 24.9 Å². The van der Waals surface area contributed by atoms with Gasteiger partial charge >= 0.3 is 17.9 Å². The van der Waals surface area contributed by atoms with Crippen molar-refractivity contribution in [3.63, 3.8) is 0 Å². The van der Waals surface area contributed by atoms with E-state index in [-0.39, 0.29) is 69.0 Å². The first-order valence-corrected chi connectivity index (χ1v) is 11.6. The van der Waals surface area contributed by atoms with Gasteiger partial charge in [0.2, 0.25) is 5.91 Å². The van der Waals surface area contributed by atoms with Gasteiger partial charge in [-0.15, -0.1) is 0 Å². The zero-order valence-electron chi connectivity index (χ0n) is 20.2. The van der Waals surface area contributed by atoms with E-state index < -0.39 is 17.9 Å². The summed E-state index contributed by atoms with van der Waals surface area (Å²) in [5.74, 6) is -3.13. The fraction of sp³-hybridized carbons (Fsp3) is 0.810. The molecular formula is C21H39LuN5O8. The summed E-state index contributed by atoms with van der Waals surface area (Å²) in [6, 6.07) is 0. The van der Waals surface area contributed by atoms with Crippen LogP contribution in [0, 0.1) is 36.9 Å². The van der Waals surface area contributed by atoms with Crippen LogP contribution in [-0.4, -0.2) is 157 Å². The summed E-state index contributed by atoms with van der Waals surface area (Å²) < 4.78 is 5.25. The number of carbonyl (C=O) groups is 4. The summed E-state index contributed by atoms with van der Waals surface area (Å²) in [7, 11) is 0. The Balaban J connectivity index is 0.0000116. The van der Waals surface area contributed by atoms with E-state index in [9.17, 15) is 34.5 Å². The molecule has 1 heterocycles. The zero-order valence-corrected chi connectivity index (χ0v) is 21.9. The summed E-state index contributed by atoms with van der Waals surface area (Å²) in [6.07, 6.45) is 0.700. The second kappa shape index (κ2) is 20.0. The van der Waals surface area contributed by atoms with Crippen LogP contribution < -0.4 is 5.32 Å². The van der Waals surface area contributed by atoms with Crippen molar-refractivity contribution in [1.29, 1.82) is 0 Å². The minimum absolute atomic E-state index is 0. The Hall–Kier alpha value is -1.09. The van der Waals surface area contributed by atoms with Crippen molar-refractivity contribution in [2.75, 3.05) is 98.3 Å². The Labute approximate surface area is 235 Å². The van der Waals surface area contributed by atoms with Gasteiger partial charge in [-0.1, -0.05) is 0 Å². The summed E-state index contributed by atoms with van der Waals surface area (Å²) in [5.41, 5.74) is 0. The molecular weight excluding hydrogens is 625 g/mol. The number of hydrogen-bond acceptors (Lipinski definition) is 9. The molecule has 1 amide bonds. The summed E-state index contributed by atoms with van der Waals surface area (Å²) in [5, 5.41) is 30.5. The summed E-state index contributed by atoms with van der Waals surface area (Å²) in [4.78, 5) is 53.3. The van der Waals surface area contributed by atoms with Gasteiger partial charge in [0.1, 0.15) is 0 Å². The van der Waals surface area contributed by atoms with Crippen LogP contribution in [0.15, 0.2) is 0 Å². The van der Waals surface area contributed by atoms with Crippen LogP contribution in [0.5, 0.6) is 0 Å². The number of carboxylic acids is 3.